The van der Waals surface area contributed by atoms with Crippen molar-refractivity contribution in [3.8, 4) is 0 Å². The summed E-state index contributed by atoms with van der Waals surface area (Å²) >= 11 is 1.64. The van der Waals surface area contributed by atoms with Crippen LogP contribution in [-0.2, 0) is 13.0 Å². The maximum Gasteiger partial charge on any atom is 0.251 e. The molecular formula is C18H15N3O3S. The molecule has 1 aromatic carbocycles. The van der Waals surface area contributed by atoms with Gasteiger partial charge in [-0.05, 0) is 42.6 Å². The number of furan rings is 1. The maximum absolute atomic E-state index is 12.3. The number of fused-ring (bicyclic) bond motifs is 1. The van der Waals surface area contributed by atoms with Gasteiger partial charge in [0.2, 0.25) is 5.89 Å². The van der Waals surface area contributed by atoms with Gasteiger partial charge in [-0.25, -0.2) is 0 Å². The maximum atomic E-state index is 12.3. The summed E-state index contributed by atoms with van der Waals surface area (Å²) in [6.45, 7) is 2.10. The van der Waals surface area contributed by atoms with E-state index >= 15 is 0 Å². The lowest BCUT2D eigenvalue weighted by atomic mass is 10.1. The number of thiophene rings is 1. The molecule has 0 unspecified atom stereocenters. The van der Waals surface area contributed by atoms with Gasteiger partial charge < -0.3 is 14.3 Å². The van der Waals surface area contributed by atoms with E-state index in [0.29, 0.717) is 23.7 Å². The molecule has 0 aliphatic rings. The molecule has 1 amide bonds. The van der Waals surface area contributed by atoms with Crippen LogP contribution in [0.25, 0.3) is 11.0 Å². The molecule has 126 valence electrons. The summed E-state index contributed by atoms with van der Waals surface area (Å²) in [5, 5.41) is 9.62. The molecule has 7 heteroatoms. The first-order chi connectivity index (χ1) is 12.2. The van der Waals surface area contributed by atoms with Crippen molar-refractivity contribution in [1.29, 1.82) is 0 Å². The average molecular weight is 353 g/mol. The van der Waals surface area contributed by atoms with E-state index in [-0.39, 0.29) is 12.5 Å². The van der Waals surface area contributed by atoms with Crippen LogP contribution in [0.5, 0.6) is 0 Å². The van der Waals surface area contributed by atoms with Crippen molar-refractivity contribution < 1.29 is 13.7 Å². The first-order valence-electron chi connectivity index (χ1n) is 7.79. The number of nitrogens with zero attached hydrogens (tertiary/aromatic N) is 2. The minimum absolute atomic E-state index is 0.189. The molecule has 1 N–H and O–H groups in total. The quantitative estimate of drug-likeness (QED) is 0.591. The summed E-state index contributed by atoms with van der Waals surface area (Å²) in [5.41, 5.74) is 1.33. The Bertz CT molecular complexity index is 1020. The first-order valence-corrected chi connectivity index (χ1v) is 8.67. The van der Waals surface area contributed by atoms with Crippen LogP contribution in [0.4, 0.5) is 0 Å². The summed E-state index contributed by atoms with van der Waals surface area (Å²) in [5.74, 6) is 1.63. The number of rotatable bonds is 5. The van der Waals surface area contributed by atoms with Crippen LogP contribution >= 0.6 is 11.3 Å². The molecule has 0 saturated carbocycles. The second-order valence-electron chi connectivity index (χ2n) is 5.65. The number of hydrogen-bond donors (Lipinski definition) is 1. The molecule has 0 spiro atoms. The van der Waals surface area contributed by atoms with Gasteiger partial charge in [-0.1, -0.05) is 11.2 Å². The Morgan fingerprint density at radius 2 is 2.20 bits per heavy atom. The zero-order valence-corrected chi connectivity index (χ0v) is 14.3. The molecule has 3 aromatic heterocycles. The van der Waals surface area contributed by atoms with Crippen molar-refractivity contribution >= 4 is 28.2 Å². The first kappa shape index (κ1) is 15.6. The smallest absolute Gasteiger partial charge is 0.251 e. The molecule has 0 aliphatic heterocycles. The Morgan fingerprint density at radius 3 is 3.04 bits per heavy atom. The molecule has 4 rings (SSSR count). The van der Waals surface area contributed by atoms with Crippen LogP contribution in [0.15, 0.2) is 50.7 Å². The number of aryl methyl sites for hydroxylation is 1. The predicted molar refractivity (Wildman–Crippen MR) is 93.5 cm³/mol. The van der Waals surface area contributed by atoms with Gasteiger partial charge in [0.1, 0.15) is 11.3 Å². The number of carbonyl (C=O) groups is 1. The lowest BCUT2D eigenvalue weighted by Gasteiger charge is -2.02. The third-order valence-corrected chi connectivity index (χ3v) is 4.60. The van der Waals surface area contributed by atoms with Gasteiger partial charge in [-0.3, -0.25) is 4.79 Å². The van der Waals surface area contributed by atoms with E-state index in [1.54, 1.807) is 29.5 Å². The van der Waals surface area contributed by atoms with Gasteiger partial charge in [0.25, 0.3) is 5.91 Å². The van der Waals surface area contributed by atoms with E-state index in [4.69, 9.17) is 8.94 Å². The molecule has 4 aromatic rings. The second kappa shape index (κ2) is 6.52. The standard InChI is InChI=1S/C18H15N3O3S/c1-11-7-13-8-12(4-5-15(13)23-11)18(22)19-10-16-20-17(24-21-16)9-14-3-2-6-25-14/h2-8H,9-10H2,1H3,(H,19,22). The Kier molecular flexibility index (Phi) is 4.07. The van der Waals surface area contributed by atoms with Gasteiger partial charge in [0.15, 0.2) is 5.82 Å². The highest BCUT2D eigenvalue weighted by molar-refractivity contribution is 7.09. The monoisotopic (exact) mass is 353 g/mol. The van der Waals surface area contributed by atoms with Crippen molar-refractivity contribution in [3.05, 3.63) is 69.7 Å². The lowest BCUT2D eigenvalue weighted by molar-refractivity contribution is 0.0950. The van der Waals surface area contributed by atoms with Crippen molar-refractivity contribution in [2.24, 2.45) is 0 Å². The number of aromatic nitrogens is 2. The molecule has 0 aliphatic carbocycles. The normalized spacial score (nSPS) is 11.1. The average Bonchev–Trinajstić information content (AvgIpc) is 3.32. The second-order valence-corrected chi connectivity index (χ2v) is 6.69. The minimum atomic E-state index is -0.189. The highest BCUT2D eigenvalue weighted by Crippen LogP contribution is 2.20. The van der Waals surface area contributed by atoms with Crippen LogP contribution < -0.4 is 5.32 Å². The van der Waals surface area contributed by atoms with Crippen molar-refractivity contribution in [3.63, 3.8) is 0 Å². The Labute approximate surface area is 147 Å². The molecule has 0 radical (unpaired) electrons. The van der Waals surface area contributed by atoms with E-state index in [0.717, 1.165) is 21.6 Å². The minimum Gasteiger partial charge on any atom is -0.461 e. The summed E-state index contributed by atoms with van der Waals surface area (Å²) in [6.07, 6.45) is 0.606. The topological polar surface area (TPSA) is 81.2 Å². The molecule has 25 heavy (non-hydrogen) atoms. The van der Waals surface area contributed by atoms with Crippen LogP contribution in [0, 0.1) is 6.92 Å². The zero-order valence-electron chi connectivity index (χ0n) is 13.5. The number of benzene rings is 1. The summed E-state index contributed by atoms with van der Waals surface area (Å²) in [7, 11) is 0. The summed E-state index contributed by atoms with van der Waals surface area (Å²) < 4.78 is 10.7. The molecular weight excluding hydrogens is 338 g/mol. The Balaban J connectivity index is 1.40. The molecule has 0 saturated heterocycles. The van der Waals surface area contributed by atoms with Crippen LogP contribution in [0.3, 0.4) is 0 Å². The SMILES string of the molecule is Cc1cc2cc(C(=O)NCc3noc(Cc4cccs4)n3)ccc2o1. The van der Waals surface area contributed by atoms with Crippen LogP contribution in [-0.4, -0.2) is 16.0 Å². The largest absolute Gasteiger partial charge is 0.461 e. The summed E-state index contributed by atoms with van der Waals surface area (Å²) in [6, 6.07) is 11.2. The van der Waals surface area contributed by atoms with E-state index in [9.17, 15) is 4.79 Å². The van der Waals surface area contributed by atoms with Gasteiger partial charge in [0, 0.05) is 15.8 Å². The Hall–Kier alpha value is -2.93. The van der Waals surface area contributed by atoms with E-state index in [1.807, 2.05) is 30.5 Å². The third kappa shape index (κ3) is 3.46. The van der Waals surface area contributed by atoms with Gasteiger partial charge in [-0.2, -0.15) is 4.98 Å². The fourth-order valence-electron chi connectivity index (χ4n) is 2.57. The van der Waals surface area contributed by atoms with E-state index < -0.39 is 0 Å². The highest BCUT2D eigenvalue weighted by atomic mass is 32.1. The fraction of sp³-hybridized carbons (Fsp3) is 0.167. The van der Waals surface area contributed by atoms with Crippen LogP contribution in [0.1, 0.15) is 32.7 Å². The zero-order chi connectivity index (χ0) is 17.2. The number of amides is 1. The van der Waals surface area contributed by atoms with Gasteiger partial charge in [-0.15, -0.1) is 11.3 Å². The van der Waals surface area contributed by atoms with E-state index in [1.165, 1.54) is 0 Å². The molecule has 0 bridgehead atoms. The number of hydrogen-bond acceptors (Lipinski definition) is 6. The van der Waals surface area contributed by atoms with Crippen molar-refractivity contribution in [2.45, 2.75) is 19.9 Å². The van der Waals surface area contributed by atoms with Crippen molar-refractivity contribution in [2.75, 3.05) is 0 Å². The third-order valence-electron chi connectivity index (χ3n) is 3.72. The molecule has 0 fully saturated rings. The lowest BCUT2D eigenvalue weighted by Crippen LogP contribution is -2.23. The molecule has 3 heterocycles. The fourth-order valence-corrected chi connectivity index (χ4v) is 3.27. The van der Waals surface area contributed by atoms with Crippen LogP contribution in [0.2, 0.25) is 0 Å². The van der Waals surface area contributed by atoms with E-state index in [2.05, 4.69) is 15.5 Å². The Morgan fingerprint density at radius 1 is 1.28 bits per heavy atom. The molecule has 6 nitrogen and oxygen atoms in total. The summed E-state index contributed by atoms with van der Waals surface area (Å²) in [4.78, 5) is 17.8. The predicted octanol–water partition coefficient (Wildman–Crippen LogP) is 3.71. The van der Waals surface area contributed by atoms with Crippen molar-refractivity contribution in [1.82, 2.24) is 15.5 Å². The number of carbonyl (C=O) groups excluding carboxylic acids is 1. The van der Waals surface area contributed by atoms with Gasteiger partial charge >= 0.3 is 0 Å². The molecule has 0 atom stereocenters. The number of nitrogens with one attached hydrogen (secondary N) is 1. The van der Waals surface area contributed by atoms with Gasteiger partial charge in [0.05, 0.1) is 13.0 Å². The highest BCUT2D eigenvalue weighted by Gasteiger charge is 2.11.